The van der Waals surface area contributed by atoms with E-state index in [1.165, 1.54) is 49.7 Å². The van der Waals surface area contributed by atoms with Crippen LogP contribution in [0.2, 0.25) is 0 Å². The van der Waals surface area contributed by atoms with E-state index in [1.54, 1.807) is 0 Å². The van der Waals surface area contributed by atoms with Gasteiger partial charge in [-0.2, -0.15) is 0 Å². The zero-order chi connectivity index (χ0) is 12.9. The van der Waals surface area contributed by atoms with Crippen molar-refractivity contribution >= 4 is 10.8 Å². The number of fused-ring (bicyclic) bond motifs is 1. The summed E-state index contributed by atoms with van der Waals surface area (Å²) >= 11 is 0. The SMILES string of the molecule is Cc1[c]c2c(C)c(C)c(C)c(C)c2c(C)c1C. The van der Waals surface area contributed by atoms with Crippen LogP contribution in [0.5, 0.6) is 0 Å². The molecule has 0 nitrogen and oxygen atoms in total. The second kappa shape index (κ2) is 3.87. The first-order chi connectivity index (χ1) is 7.86. The fourth-order valence-corrected chi connectivity index (χ4v) is 2.69. The number of rotatable bonds is 0. The van der Waals surface area contributed by atoms with Gasteiger partial charge in [0.2, 0.25) is 0 Å². The molecule has 0 bridgehead atoms. The maximum Gasteiger partial charge on any atom is -0.00613 e. The van der Waals surface area contributed by atoms with Crippen LogP contribution < -0.4 is 0 Å². The molecule has 0 N–H and O–H groups in total. The predicted octanol–water partition coefficient (Wildman–Crippen LogP) is 4.80. The minimum absolute atomic E-state index is 1.28. The van der Waals surface area contributed by atoms with E-state index >= 15 is 0 Å². The lowest BCUT2D eigenvalue weighted by Crippen LogP contribution is -1.98. The molecule has 17 heavy (non-hydrogen) atoms. The molecule has 1 radical (unpaired) electrons. The van der Waals surface area contributed by atoms with E-state index in [0.717, 1.165) is 0 Å². The third-order valence-electron chi connectivity index (χ3n) is 4.50. The van der Waals surface area contributed by atoms with Gasteiger partial charge in [0.05, 0.1) is 0 Å². The van der Waals surface area contributed by atoms with Crippen molar-refractivity contribution in [1.29, 1.82) is 0 Å². The van der Waals surface area contributed by atoms with Crippen molar-refractivity contribution in [2.75, 3.05) is 0 Å². The average Bonchev–Trinajstić information content (AvgIpc) is 2.30. The predicted molar refractivity (Wildman–Crippen MR) is 75.9 cm³/mol. The first kappa shape index (κ1) is 12.2. The Morgan fingerprint density at radius 3 is 1.59 bits per heavy atom. The summed E-state index contributed by atoms with van der Waals surface area (Å²) in [6.07, 6.45) is 0. The molecule has 0 heteroatoms. The van der Waals surface area contributed by atoms with Crippen molar-refractivity contribution in [3.05, 3.63) is 45.0 Å². The van der Waals surface area contributed by atoms with Crippen molar-refractivity contribution in [1.82, 2.24) is 0 Å². The zero-order valence-electron chi connectivity index (χ0n) is 12.0. The molecule has 0 aromatic heterocycles. The van der Waals surface area contributed by atoms with E-state index in [0.29, 0.717) is 0 Å². The van der Waals surface area contributed by atoms with Crippen molar-refractivity contribution in [3.8, 4) is 0 Å². The average molecular weight is 225 g/mol. The van der Waals surface area contributed by atoms with Crippen LogP contribution in [0.15, 0.2) is 0 Å². The molecule has 0 saturated carbocycles. The normalized spacial score (nSPS) is 11.2. The molecule has 0 aliphatic rings. The zero-order valence-corrected chi connectivity index (χ0v) is 12.0. The third kappa shape index (κ3) is 1.58. The Hall–Kier alpha value is -1.30. The first-order valence-electron chi connectivity index (χ1n) is 6.25. The van der Waals surface area contributed by atoms with Crippen LogP contribution >= 0.6 is 0 Å². The monoisotopic (exact) mass is 225 g/mol. The molecule has 0 fully saturated rings. The second-order valence-corrected chi connectivity index (χ2v) is 5.25. The number of hydrogen-bond acceptors (Lipinski definition) is 0. The summed E-state index contributed by atoms with van der Waals surface area (Å²) in [5, 5.41) is 2.72. The van der Waals surface area contributed by atoms with Gasteiger partial charge in [-0.1, -0.05) is 0 Å². The van der Waals surface area contributed by atoms with Gasteiger partial charge >= 0.3 is 0 Å². The van der Waals surface area contributed by atoms with Crippen LogP contribution in [0.3, 0.4) is 0 Å². The van der Waals surface area contributed by atoms with Gasteiger partial charge in [0.25, 0.3) is 0 Å². The van der Waals surface area contributed by atoms with Gasteiger partial charge in [0, 0.05) is 0 Å². The van der Waals surface area contributed by atoms with Gasteiger partial charge in [-0.25, -0.2) is 0 Å². The highest BCUT2D eigenvalue weighted by atomic mass is 14.2. The van der Waals surface area contributed by atoms with Crippen LogP contribution in [0.1, 0.15) is 38.9 Å². The largest absolute Gasteiger partial charge is 0.0444 e. The van der Waals surface area contributed by atoms with Gasteiger partial charge in [0.15, 0.2) is 0 Å². The summed E-state index contributed by atoms with van der Waals surface area (Å²) in [6.45, 7) is 15.5. The second-order valence-electron chi connectivity index (χ2n) is 5.25. The standard InChI is InChI=1S/C17H21/c1-9-8-16-13(5)11(3)12(4)15(7)17(16)14(6)10(9)2/h1-7H3. The fraction of sp³-hybridized carbons (Fsp3) is 0.412. The Bertz CT molecular complexity index is 608. The van der Waals surface area contributed by atoms with Crippen molar-refractivity contribution < 1.29 is 0 Å². The molecule has 0 atom stereocenters. The molecule has 2 aromatic rings. The van der Waals surface area contributed by atoms with Gasteiger partial charge in [-0.05, 0) is 104 Å². The van der Waals surface area contributed by atoms with E-state index in [1.807, 2.05) is 0 Å². The quantitative estimate of drug-likeness (QED) is 0.604. The first-order valence-corrected chi connectivity index (χ1v) is 6.25. The highest BCUT2D eigenvalue weighted by molar-refractivity contribution is 5.94. The Balaban J connectivity index is 3.12. The summed E-state index contributed by atoms with van der Waals surface area (Å²) in [6, 6.07) is 3.58. The Kier molecular flexibility index (Phi) is 2.77. The number of hydrogen-bond donors (Lipinski definition) is 0. The number of aryl methyl sites for hydroxylation is 4. The van der Waals surface area contributed by atoms with Gasteiger partial charge in [-0.3, -0.25) is 0 Å². The molecule has 0 aliphatic carbocycles. The Morgan fingerprint density at radius 1 is 0.529 bits per heavy atom. The highest BCUT2D eigenvalue weighted by Gasteiger charge is 2.13. The molecule has 2 rings (SSSR count). The highest BCUT2D eigenvalue weighted by Crippen LogP contribution is 2.33. The third-order valence-corrected chi connectivity index (χ3v) is 4.50. The smallest absolute Gasteiger partial charge is 0.00613 e. The molecule has 0 heterocycles. The molecule has 2 aromatic carbocycles. The van der Waals surface area contributed by atoms with Crippen LogP contribution in [0.4, 0.5) is 0 Å². The van der Waals surface area contributed by atoms with Gasteiger partial charge < -0.3 is 0 Å². The minimum atomic E-state index is 1.28. The summed E-state index contributed by atoms with van der Waals surface area (Å²) in [7, 11) is 0. The van der Waals surface area contributed by atoms with E-state index < -0.39 is 0 Å². The summed E-state index contributed by atoms with van der Waals surface area (Å²) in [4.78, 5) is 0. The van der Waals surface area contributed by atoms with E-state index in [-0.39, 0.29) is 0 Å². The molecule has 0 spiro atoms. The summed E-state index contributed by atoms with van der Waals surface area (Å²) in [5.74, 6) is 0. The Morgan fingerprint density at radius 2 is 1.00 bits per heavy atom. The van der Waals surface area contributed by atoms with E-state index in [9.17, 15) is 0 Å². The van der Waals surface area contributed by atoms with E-state index in [4.69, 9.17) is 0 Å². The molecule has 0 saturated heterocycles. The van der Waals surface area contributed by atoms with Crippen molar-refractivity contribution in [2.45, 2.75) is 48.5 Å². The van der Waals surface area contributed by atoms with E-state index in [2.05, 4.69) is 54.5 Å². The summed E-state index contributed by atoms with van der Waals surface area (Å²) < 4.78 is 0. The molecule has 0 aliphatic heterocycles. The van der Waals surface area contributed by atoms with Crippen LogP contribution in [0.25, 0.3) is 10.8 Å². The number of benzene rings is 2. The van der Waals surface area contributed by atoms with Crippen molar-refractivity contribution in [2.24, 2.45) is 0 Å². The van der Waals surface area contributed by atoms with Crippen LogP contribution in [-0.4, -0.2) is 0 Å². The van der Waals surface area contributed by atoms with Crippen LogP contribution in [-0.2, 0) is 0 Å². The topological polar surface area (TPSA) is 0 Å². The maximum atomic E-state index is 3.58. The van der Waals surface area contributed by atoms with Crippen molar-refractivity contribution in [3.63, 3.8) is 0 Å². The molecule has 0 unspecified atom stereocenters. The molecule has 89 valence electrons. The minimum Gasteiger partial charge on any atom is -0.0444 e. The maximum absolute atomic E-state index is 3.58. The Labute approximate surface area is 105 Å². The fourth-order valence-electron chi connectivity index (χ4n) is 2.69. The lowest BCUT2D eigenvalue weighted by atomic mass is 9.86. The van der Waals surface area contributed by atoms with Gasteiger partial charge in [0.1, 0.15) is 0 Å². The molecule has 0 amide bonds. The van der Waals surface area contributed by atoms with Crippen LogP contribution in [0, 0.1) is 54.5 Å². The molecular formula is C17H21. The summed E-state index contributed by atoms with van der Waals surface area (Å²) in [5.41, 5.74) is 9.71. The molecular weight excluding hydrogens is 204 g/mol. The van der Waals surface area contributed by atoms with Gasteiger partial charge in [-0.15, -0.1) is 0 Å². The lowest BCUT2D eigenvalue weighted by Gasteiger charge is -2.18. The lowest BCUT2D eigenvalue weighted by molar-refractivity contribution is 1.22.